The fourth-order valence-corrected chi connectivity index (χ4v) is 3.83. The van der Waals surface area contributed by atoms with E-state index in [1.54, 1.807) is 0 Å². The molecule has 2 fully saturated rings. The van der Waals surface area contributed by atoms with Gasteiger partial charge in [0.25, 0.3) is 0 Å². The van der Waals surface area contributed by atoms with Gasteiger partial charge in [-0.2, -0.15) is 0 Å². The molecule has 2 unspecified atom stereocenters. The molecule has 1 aromatic heterocycles. The summed E-state index contributed by atoms with van der Waals surface area (Å²) in [6, 6.07) is 2.13. The normalized spacial score (nSPS) is 30.1. The first-order valence-electron chi connectivity index (χ1n) is 7.75. The maximum atomic E-state index is 10.7. The number of anilines is 1. The largest absolute Gasteiger partial charge is 0.389 e. The Morgan fingerprint density at radius 1 is 1.45 bits per heavy atom. The molecule has 2 atom stereocenters. The lowest BCUT2D eigenvalue weighted by Gasteiger charge is -2.48. The van der Waals surface area contributed by atoms with Gasteiger partial charge in [0.15, 0.2) is 0 Å². The molecular formula is C16H25N3O. The van der Waals surface area contributed by atoms with Crippen LogP contribution in [0.15, 0.2) is 12.3 Å². The molecule has 0 amide bonds. The number of nitrogens with zero attached hydrogens (tertiary/aromatic N) is 2. The molecule has 0 aromatic carbocycles. The average molecular weight is 275 g/mol. The Labute approximate surface area is 121 Å². The minimum atomic E-state index is -0.417. The molecule has 4 nitrogen and oxygen atoms in total. The summed E-state index contributed by atoms with van der Waals surface area (Å²) in [5.41, 5.74) is 7.52. The van der Waals surface area contributed by atoms with Crippen molar-refractivity contribution >= 4 is 5.82 Å². The van der Waals surface area contributed by atoms with Crippen molar-refractivity contribution in [1.29, 1.82) is 0 Å². The van der Waals surface area contributed by atoms with Gasteiger partial charge in [0.05, 0.1) is 5.60 Å². The minimum absolute atomic E-state index is 0.403. The highest BCUT2D eigenvalue weighted by molar-refractivity contribution is 5.48. The molecule has 3 rings (SSSR count). The van der Waals surface area contributed by atoms with E-state index in [4.69, 9.17) is 5.73 Å². The molecule has 2 aliphatic rings. The third kappa shape index (κ3) is 2.42. The van der Waals surface area contributed by atoms with Crippen molar-refractivity contribution in [2.75, 3.05) is 18.0 Å². The van der Waals surface area contributed by atoms with Gasteiger partial charge in [-0.25, -0.2) is 4.98 Å². The van der Waals surface area contributed by atoms with Gasteiger partial charge in [-0.15, -0.1) is 0 Å². The van der Waals surface area contributed by atoms with Crippen molar-refractivity contribution in [3.8, 4) is 0 Å². The van der Waals surface area contributed by atoms with E-state index in [0.717, 1.165) is 43.7 Å². The number of rotatable bonds is 2. The van der Waals surface area contributed by atoms with Crippen LogP contribution in [0.3, 0.4) is 0 Å². The standard InChI is InChI=1S/C16H25N3O/c1-12-8-13(9-17)10-18-15(12)19-7-6-16(20)5-3-2-4-14(16)11-19/h8,10,14,20H,2-7,9,11,17H2,1H3. The van der Waals surface area contributed by atoms with Crippen LogP contribution in [0.1, 0.15) is 43.2 Å². The predicted octanol–water partition coefficient (Wildman–Crippen LogP) is 1.98. The Hall–Kier alpha value is -1.13. The highest BCUT2D eigenvalue weighted by Crippen LogP contribution is 2.40. The Bertz CT molecular complexity index is 491. The summed E-state index contributed by atoms with van der Waals surface area (Å²) in [6.45, 7) is 4.48. The fourth-order valence-electron chi connectivity index (χ4n) is 3.83. The Balaban J connectivity index is 1.79. The quantitative estimate of drug-likeness (QED) is 0.866. The van der Waals surface area contributed by atoms with Crippen LogP contribution >= 0.6 is 0 Å². The van der Waals surface area contributed by atoms with E-state index in [9.17, 15) is 5.11 Å². The number of pyridine rings is 1. The fraction of sp³-hybridized carbons (Fsp3) is 0.688. The molecule has 4 heteroatoms. The van der Waals surface area contributed by atoms with E-state index in [0.29, 0.717) is 12.5 Å². The Kier molecular flexibility index (Phi) is 3.69. The zero-order valence-corrected chi connectivity index (χ0v) is 12.3. The first-order chi connectivity index (χ1) is 9.62. The van der Waals surface area contributed by atoms with Crippen molar-refractivity contribution in [2.45, 2.75) is 51.2 Å². The van der Waals surface area contributed by atoms with Crippen LogP contribution in [0.4, 0.5) is 5.82 Å². The molecule has 20 heavy (non-hydrogen) atoms. The van der Waals surface area contributed by atoms with Crippen LogP contribution in [0.5, 0.6) is 0 Å². The summed E-state index contributed by atoms with van der Waals surface area (Å²) in [5, 5.41) is 10.7. The topological polar surface area (TPSA) is 62.4 Å². The van der Waals surface area contributed by atoms with Crippen molar-refractivity contribution in [1.82, 2.24) is 4.98 Å². The molecule has 0 bridgehead atoms. The molecule has 1 aliphatic heterocycles. The van der Waals surface area contributed by atoms with Crippen molar-refractivity contribution in [3.63, 3.8) is 0 Å². The first-order valence-corrected chi connectivity index (χ1v) is 7.75. The zero-order valence-electron chi connectivity index (χ0n) is 12.3. The number of nitrogens with two attached hydrogens (primary N) is 1. The van der Waals surface area contributed by atoms with E-state index in [1.165, 1.54) is 18.4 Å². The number of hydrogen-bond acceptors (Lipinski definition) is 4. The lowest BCUT2D eigenvalue weighted by molar-refractivity contribution is -0.0613. The second-order valence-corrected chi connectivity index (χ2v) is 6.43. The van der Waals surface area contributed by atoms with E-state index >= 15 is 0 Å². The second-order valence-electron chi connectivity index (χ2n) is 6.43. The monoisotopic (exact) mass is 275 g/mol. The molecule has 1 aromatic rings. The van der Waals surface area contributed by atoms with Crippen LogP contribution in [0, 0.1) is 12.8 Å². The Morgan fingerprint density at radius 2 is 2.30 bits per heavy atom. The lowest BCUT2D eigenvalue weighted by Crippen LogP contribution is -2.53. The van der Waals surface area contributed by atoms with Gasteiger partial charge >= 0.3 is 0 Å². The molecule has 0 spiro atoms. The van der Waals surface area contributed by atoms with Crippen LogP contribution in [0.25, 0.3) is 0 Å². The highest BCUT2D eigenvalue weighted by Gasteiger charge is 2.43. The van der Waals surface area contributed by atoms with Crippen molar-refractivity contribution < 1.29 is 5.11 Å². The van der Waals surface area contributed by atoms with Gasteiger partial charge in [-0.05, 0) is 43.4 Å². The molecule has 1 aliphatic carbocycles. The number of fused-ring (bicyclic) bond motifs is 1. The SMILES string of the molecule is Cc1cc(CN)cnc1N1CCC2(O)CCCCC2C1. The molecule has 2 heterocycles. The van der Waals surface area contributed by atoms with Crippen LogP contribution in [0.2, 0.25) is 0 Å². The van der Waals surface area contributed by atoms with Gasteiger partial charge in [0.1, 0.15) is 5.82 Å². The van der Waals surface area contributed by atoms with Gasteiger partial charge in [0, 0.05) is 31.7 Å². The predicted molar refractivity (Wildman–Crippen MR) is 80.6 cm³/mol. The summed E-state index contributed by atoms with van der Waals surface area (Å²) >= 11 is 0. The van der Waals surface area contributed by atoms with Gasteiger partial charge in [-0.3, -0.25) is 0 Å². The molecule has 1 saturated heterocycles. The van der Waals surface area contributed by atoms with Crippen molar-refractivity contribution in [3.05, 3.63) is 23.4 Å². The summed E-state index contributed by atoms with van der Waals surface area (Å²) in [6.07, 6.45) is 7.30. The van der Waals surface area contributed by atoms with Crippen molar-refractivity contribution in [2.24, 2.45) is 11.7 Å². The minimum Gasteiger partial charge on any atom is -0.389 e. The summed E-state index contributed by atoms with van der Waals surface area (Å²) in [4.78, 5) is 6.94. The zero-order chi connectivity index (χ0) is 14.2. The summed E-state index contributed by atoms with van der Waals surface area (Å²) < 4.78 is 0. The van der Waals surface area contributed by atoms with Crippen LogP contribution in [-0.2, 0) is 6.54 Å². The van der Waals surface area contributed by atoms with Gasteiger partial charge < -0.3 is 15.7 Å². The maximum Gasteiger partial charge on any atom is 0.131 e. The van der Waals surface area contributed by atoms with Gasteiger partial charge in [-0.1, -0.05) is 12.8 Å². The molecule has 0 radical (unpaired) electrons. The molecular weight excluding hydrogens is 250 g/mol. The first kappa shape index (κ1) is 13.8. The third-order valence-electron chi connectivity index (χ3n) is 5.07. The number of piperidine rings is 1. The summed E-state index contributed by atoms with van der Waals surface area (Å²) in [7, 11) is 0. The molecule has 110 valence electrons. The smallest absolute Gasteiger partial charge is 0.131 e. The van der Waals surface area contributed by atoms with Crippen LogP contribution in [-0.4, -0.2) is 28.8 Å². The number of aryl methyl sites for hydroxylation is 1. The molecule has 1 saturated carbocycles. The second kappa shape index (κ2) is 5.34. The number of hydrogen-bond donors (Lipinski definition) is 2. The number of aromatic nitrogens is 1. The maximum absolute atomic E-state index is 10.7. The number of aliphatic hydroxyl groups is 1. The van der Waals surface area contributed by atoms with Gasteiger partial charge in [0.2, 0.25) is 0 Å². The average Bonchev–Trinajstić information content (AvgIpc) is 2.46. The van der Waals surface area contributed by atoms with E-state index < -0.39 is 5.60 Å². The lowest BCUT2D eigenvalue weighted by atomic mass is 9.71. The van der Waals surface area contributed by atoms with Crippen LogP contribution < -0.4 is 10.6 Å². The Morgan fingerprint density at radius 3 is 3.05 bits per heavy atom. The van der Waals surface area contributed by atoms with E-state index in [-0.39, 0.29) is 0 Å². The molecule has 3 N–H and O–H groups in total. The summed E-state index contributed by atoms with van der Waals surface area (Å²) in [5.74, 6) is 1.47. The third-order valence-corrected chi connectivity index (χ3v) is 5.07. The highest BCUT2D eigenvalue weighted by atomic mass is 16.3. The van der Waals surface area contributed by atoms with E-state index in [1.807, 2.05) is 6.20 Å². The van der Waals surface area contributed by atoms with E-state index in [2.05, 4.69) is 22.9 Å².